The number of nitrogens with one attached hydrogen (secondary N) is 1. The van der Waals surface area contributed by atoms with Crippen LogP contribution in [-0.2, 0) is 27.5 Å². The fourth-order valence-electron chi connectivity index (χ4n) is 3.27. The van der Waals surface area contributed by atoms with Crippen molar-refractivity contribution in [3.05, 3.63) is 89.7 Å². The van der Waals surface area contributed by atoms with Crippen molar-refractivity contribution in [3.8, 4) is 0 Å². The minimum atomic E-state index is -3.79. The number of hydrogen-bond donors (Lipinski definition) is 1. The van der Waals surface area contributed by atoms with Crippen molar-refractivity contribution in [3.63, 3.8) is 0 Å². The number of amides is 1. The molecule has 1 aromatic heterocycles. The number of aromatic nitrogens is 1. The highest BCUT2D eigenvalue weighted by atomic mass is 32.2. The summed E-state index contributed by atoms with van der Waals surface area (Å²) in [6.45, 7) is 4.48. The number of benzene rings is 2. The first-order valence-corrected chi connectivity index (χ1v) is 12.4. The molecular weight excluding hydrogens is 436 g/mol. The van der Waals surface area contributed by atoms with Crippen LogP contribution in [0.15, 0.2) is 82.8 Å². The number of aryl methyl sites for hydroxylation is 1. The summed E-state index contributed by atoms with van der Waals surface area (Å²) in [6, 6.07) is 16.1. The second kappa shape index (κ2) is 11.0. The molecule has 6 nitrogen and oxygen atoms in total. The lowest BCUT2D eigenvalue weighted by Crippen LogP contribution is -2.27. The molecule has 0 aliphatic rings. The predicted molar refractivity (Wildman–Crippen MR) is 127 cm³/mol. The molecule has 0 atom stereocenters. The van der Waals surface area contributed by atoms with Crippen molar-refractivity contribution in [2.45, 2.75) is 42.9 Å². The summed E-state index contributed by atoms with van der Waals surface area (Å²) in [6.07, 6.45) is 4.71. The summed E-state index contributed by atoms with van der Waals surface area (Å²) in [4.78, 5) is 28.8. The Morgan fingerprint density at radius 2 is 1.70 bits per heavy atom. The average molecular weight is 465 g/mol. The third kappa shape index (κ3) is 6.83. The molecule has 0 bridgehead atoms. The van der Waals surface area contributed by atoms with Gasteiger partial charge in [-0.2, -0.15) is 0 Å². The van der Waals surface area contributed by atoms with Gasteiger partial charge in [-0.3, -0.25) is 14.6 Å². The molecule has 1 N–H and O–H groups in total. The van der Waals surface area contributed by atoms with E-state index < -0.39 is 9.84 Å². The van der Waals surface area contributed by atoms with Crippen LogP contribution in [0.3, 0.4) is 0 Å². The van der Waals surface area contributed by atoms with E-state index in [1.807, 2.05) is 26.0 Å². The van der Waals surface area contributed by atoms with E-state index in [9.17, 15) is 18.0 Å². The Hall–Kier alpha value is -3.32. The van der Waals surface area contributed by atoms with Crippen LogP contribution >= 0.6 is 0 Å². The number of ketones is 1. The van der Waals surface area contributed by atoms with Gasteiger partial charge in [0.1, 0.15) is 5.78 Å². The van der Waals surface area contributed by atoms with Gasteiger partial charge in [0.05, 0.1) is 9.79 Å². The van der Waals surface area contributed by atoms with Gasteiger partial charge in [0.25, 0.3) is 5.91 Å². The number of pyridine rings is 1. The molecule has 0 unspecified atom stereocenters. The van der Waals surface area contributed by atoms with Gasteiger partial charge in [-0.05, 0) is 59.9 Å². The highest BCUT2D eigenvalue weighted by Crippen LogP contribution is 2.22. The molecule has 33 heavy (non-hydrogen) atoms. The van der Waals surface area contributed by atoms with Crippen molar-refractivity contribution in [2.24, 2.45) is 5.92 Å². The lowest BCUT2D eigenvalue weighted by atomic mass is 10.0. The second-order valence-corrected chi connectivity index (χ2v) is 10.3. The SMILES string of the molecule is CC(C)CNC(=O)c1cccc(S(=O)(=O)c2ccc(CC(=O)CCc3cccnc3)cc2)c1. The highest BCUT2D eigenvalue weighted by molar-refractivity contribution is 7.91. The van der Waals surface area contributed by atoms with E-state index in [0.29, 0.717) is 30.9 Å². The molecule has 7 heteroatoms. The van der Waals surface area contributed by atoms with Crippen LogP contribution in [0.5, 0.6) is 0 Å². The van der Waals surface area contributed by atoms with Gasteiger partial charge in [-0.25, -0.2) is 8.42 Å². The number of carbonyl (C=O) groups is 2. The largest absolute Gasteiger partial charge is 0.352 e. The number of sulfone groups is 1. The average Bonchev–Trinajstić information content (AvgIpc) is 2.82. The predicted octanol–water partition coefficient (Wildman–Crippen LogP) is 4.04. The van der Waals surface area contributed by atoms with Crippen molar-refractivity contribution >= 4 is 21.5 Å². The summed E-state index contributed by atoms with van der Waals surface area (Å²) in [5, 5.41) is 2.79. The zero-order valence-electron chi connectivity index (χ0n) is 18.8. The zero-order chi connectivity index (χ0) is 23.8. The quantitative estimate of drug-likeness (QED) is 0.489. The highest BCUT2D eigenvalue weighted by Gasteiger charge is 2.19. The Morgan fingerprint density at radius 1 is 0.939 bits per heavy atom. The Bertz CT molecular complexity index is 1200. The maximum Gasteiger partial charge on any atom is 0.251 e. The standard InChI is InChI=1S/C26H28N2O4S/c1-19(2)17-28-26(30)22-6-3-7-25(16-22)33(31,32)24-12-9-20(10-13-24)15-23(29)11-8-21-5-4-14-27-18-21/h3-7,9-10,12-14,16,18-19H,8,11,15,17H2,1-2H3,(H,28,30). The summed E-state index contributed by atoms with van der Waals surface area (Å²) in [5.74, 6) is 0.0667. The Labute approximate surface area is 195 Å². The monoisotopic (exact) mass is 464 g/mol. The molecule has 172 valence electrons. The molecule has 3 aromatic rings. The van der Waals surface area contributed by atoms with Crippen LogP contribution in [0.4, 0.5) is 0 Å². The molecular formula is C26H28N2O4S. The van der Waals surface area contributed by atoms with E-state index in [1.165, 1.54) is 24.3 Å². The lowest BCUT2D eigenvalue weighted by molar-refractivity contribution is -0.118. The van der Waals surface area contributed by atoms with Gasteiger partial charge in [0.2, 0.25) is 9.84 Å². The summed E-state index contributed by atoms with van der Waals surface area (Å²) >= 11 is 0. The first-order chi connectivity index (χ1) is 15.8. The third-order valence-corrected chi connectivity index (χ3v) is 6.89. The Balaban J connectivity index is 1.66. The maximum absolute atomic E-state index is 13.1. The summed E-state index contributed by atoms with van der Waals surface area (Å²) < 4.78 is 26.1. The number of nitrogens with zero attached hydrogens (tertiary/aromatic N) is 1. The first kappa shape index (κ1) is 24.3. The third-order valence-electron chi connectivity index (χ3n) is 5.13. The molecule has 2 aromatic carbocycles. The van der Waals surface area contributed by atoms with Gasteiger partial charge in [0, 0.05) is 37.3 Å². The maximum atomic E-state index is 13.1. The zero-order valence-corrected chi connectivity index (χ0v) is 19.6. The van der Waals surface area contributed by atoms with E-state index in [2.05, 4.69) is 10.3 Å². The van der Waals surface area contributed by atoms with E-state index in [1.54, 1.807) is 36.7 Å². The van der Waals surface area contributed by atoms with Gasteiger partial charge in [-0.15, -0.1) is 0 Å². The Kier molecular flexibility index (Phi) is 8.11. The van der Waals surface area contributed by atoms with E-state index in [4.69, 9.17) is 0 Å². The van der Waals surface area contributed by atoms with Gasteiger partial charge in [0.15, 0.2) is 0 Å². The molecule has 0 spiro atoms. The molecule has 1 amide bonds. The van der Waals surface area contributed by atoms with Crippen molar-refractivity contribution in [1.29, 1.82) is 0 Å². The molecule has 1 heterocycles. The van der Waals surface area contributed by atoms with E-state index in [0.717, 1.165) is 11.1 Å². The fraction of sp³-hybridized carbons (Fsp3) is 0.269. The second-order valence-electron chi connectivity index (χ2n) is 8.36. The van der Waals surface area contributed by atoms with Crippen LogP contribution in [0.2, 0.25) is 0 Å². The number of rotatable bonds is 10. The lowest BCUT2D eigenvalue weighted by Gasteiger charge is -2.10. The molecule has 0 saturated heterocycles. The van der Waals surface area contributed by atoms with Crippen LogP contribution in [0.1, 0.15) is 41.8 Å². The van der Waals surface area contributed by atoms with Crippen LogP contribution in [0.25, 0.3) is 0 Å². The van der Waals surface area contributed by atoms with E-state index >= 15 is 0 Å². The van der Waals surface area contributed by atoms with Crippen LogP contribution in [-0.4, -0.2) is 31.6 Å². The fourth-order valence-corrected chi connectivity index (χ4v) is 4.58. The normalized spacial score (nSPS) is 11.4. The number of Topliss-reactive ketones (excluding diaryl/α,β-unsaturated/α-hetero) is 1. The van der Waals surface area contributed by atoms with Crippen molar-refractivity contribution in [2.75, 3.05) is 6.54 Å². The smallest absolute Gasteiger partial charge is 0.251 e. The number of hydrogen-bond acceptors (Lipinski definition) is 5. The van der Waals surface area contributed by atoms with Crippen LogP contribution < -0.4 is 5.32 Å². The van der Waals surface area contributed by atoms with Gasteiger partial charge < -0.3 is 5.32 Å². The molecule has 0 aliphatic carbocycles. The van der Waals surface area contributed by atoms with Crippen LogP contribution in [0, 0.1) is 5.92 Å². The molecule has 0 aliphatic heterocycles. The number of carbonyl (C=O) groups excluding carboxylic acids is 2. The van der Waals surface area contributed by atoms with Crippen molar-refractivity contribution in [1.82, 2.24) is 10.3 Å². The van der Waals surface area contributed by atoms with Gasteiger partial charge >= 0.3 is 0 Å². The molecule has 0 saturated carbocycles. The summed E-state index contributed by atoms with van der Waals surface area (Å²) in [5.41, 5.74) is 2.06. The minimum Gasteiger partial charge on any atom is -0.352 e. The van der Waals surface area contributed by atoms with Gasteiger partial charge in [-0.1, -0.05) is 38.1 Å². The molecule has 0 fully saturated rings. The topological polar surface area (TPSA) is 93.2 Å². The first-order valence-electron chi connectivity index (χ1n) is 10.9. The summed E-state index contributed by atoms with van der Waals surface area (Å²) in [7, 11) is -3.79. The van der Waals surface area contributed by atoms with Crippen molar-refractivity contribution < 1.29 is 18.0 Å². The molecule has 0 radical (unpaired) electrons. The Morgan fingerprint density at radius 3 is 2.36 bits per heavy atom. The van der Waals surface area contributed by atoms with E-state index in [-0.39, 0.29) is 27.9 Å². The minimum absolute atomic E-state index is 0.0555. The molecule has 3 rings (SSSR count).